The van der Waals surface area contributed by atoms with Crippen molar-refractivity contribution >= 4 is 39.1 Å². The van der Waals surface area contributed by atoms with Crippen LogP contribution in [0.3, 0.4) is 0 Å². The van der Waals surface area contributed by atoms with Gasteiger partial charge in [0.05, 0.1) is 6.54 Å². The molecule has 1 aromatic heterocycles. The summed E-state index contributed by atoms with van der Waals surface area (Å²) in [5.74, 6) is 1.11. The molecule has 0 amide bonds. The van der Waals surface area contributed by atoms with Gasteiger partial charge < -0.3 is 0 Å². The molecule has 0 unspecified atom stereocenters. The molecule has 1 aromatic carbocycles. The molecule has 0 radical (unpaired) electrons. The Balaban J connectivity index is 2.04. The van der Waals surface area contributed by atoms with Crippen molar-refractivity contribution in [2.24, 2.45) is 0 Å². The van der Waals surface area contributed by atoms with E-state index in [4.69, 9.17) is 23.2 Å². The molecule has 20 heavy (non-hydrogen) atoms. The Hall–Kier alpha value is -0.840. The third-order valence-electron chi connectivity index (χ3n) is 3.29. The molecule has 1 aliphatic carbocycles. The van der Waals surface area contributed by atoms with Gasteiger partial charge in [-0.05, 0) is 30.5 Å². The van der Waals surface area contributed by atoms with Gasteiger partial charge in [0.15, 0.2) is 0 Å². The van der Waals surface area contributed by atoms with E-state index in [0.717, 1.165) is 28.7 Å². The van der Waals surface area contributed by atoms with Crippen LogP contribution in [0.1, 0.15) is 30.1 Å². The molecule has 0 saturated heterocycles. The molecule has 0 spiro atoms. The molecule has 1 fully saturated rings. The number of hydrogen-bond donors (Lipinski definition) is 0. The van der Waals surface area contributed by atoms with E-state index >= 15 is 0 Å². The lowest BCUT2D eigenvalue weighted by atomic mass is 10.2. The smallest absolute Gasteiger partial charge is 0.255 e. The van der Waals surface area contributed by atoms with Crippen LogP contribution in [0.15, 0.2) is 33.5 Å². The Morgan fingerprint density at radius 3 is 2.70 bits per heavy atom. The first-order valence-electron chi connectivity index (χ1n) is 6.26. The molecule has 3 rings (SSSR count). The first-order chi connectivity index (χ1) is 9.54. The van der Waals surface area contributed by atoms with Crippen LogP contribution in [0.5, 0.6) is 0 Å². The molecule has 0 aliphatic heterocycles. The first kappa shape index (κ1) is 14.1. The summed E-state index contributed by atoms with van der Waals surface area (Å²) in [6, 6.07) is 6.98. The van der Waals surface area contributed by atoms with Crippen LogP contribution in [0.4, 0.5) is 0 Å². The lowest BCUT2D eigenvalue weighted by Gasteiger charge is -2.13. The fourth-order valence-electron chi connectivity index (χ4n) is 2.13. The minimum atomic E-state index is -0.133. The second kappa shape index (κ2) is 5.51. The van der Waals surface area contributed by atoms with Crippen LogP contribution in [0, 0.1) is 0 Å². The van der Waals surface area contributed by atoms with Gasteiger partial charge in [0.25, 0.3) is 5.56 Å². The zero-order chi connectivity index (χ0) is 14.3. The second-order valence-corrected chi connectivity index (χ2v) is 6.58. The van der Waals surface area contributed by atoms with Crippen LogP contribution in [0.25, 0.3) is 0 Å². The van der Waals surface area contributed by atoms with Gasteiger partial charge in [-0.25, -0.2) is 4.98 Å². The summed E-state index contributed by atoms with van der Waals surface area (Å²) in [7, 11) is 0. The Labute approximate surface area is 134 Å². The Morgan fingerprint density at radius 2 is 2.05 bits per heavy atom. The van der Waals surface area contributed by atoms with E-state index in [1.54, 1.807) is 4.57 Å². The number of rotatable bonds is 3. The SMILES string of the molecule is O=c1cc(Cl)nc(C2CC2)n1Cc1ccc(Br)cc1Cl. The predicted molar refractivity (Wildman–Crippen MR) is 83.7 cm³/mol. The van der Waals surface area contributed by atoms with Crippen LogP contribution in [-0.2, 0) is 6.54 Å². The van der Waals surface area contributed by atoms with Gasteiger partial charge in [-0.2, -0.15) is 0 Å². The fourth-order valence-corrected chi connectivity index (χ4v) is 3.04. The molecule has 2 aromatic rings. The van der Waals surface area contributed by atoms with Crippen molar-refractivity contribution in [1.29, 1.82) is 0 Å². The molecule has 1 heterocycles. The topological polar surface area (TPSA) is 34.9 Å². The maximum Gasteiger partial charge on any atom is 0.255 e. The van der Waals surface area contributed by atoms with E-state index < -0.39 is 0 Å². The van der Waals surface area contributed by atoms with Crippen molar-refractivity contribution in [1.82, 2.24) is 9.55 Å². The molecule has 0 N–H and O–H groups in total. The molecule has 3 nitrogen and oxygen atoms in total. The van der Waals surface area contributed by atoms with Crippen LogP contribution < -0.4 is 5.56 Å². The maximum atomic E-state index is 12.2. The Kier molecular flexibility index (Phi) is 3.89. The molecule has 104 valence electrons. The molecule has 1 saturated carbocycles. The van der Waals surface area contributed by atoms with Crippen molar-refractivity contribution in [2.45, 2.75) is 25.3 Å². The number of halogens is 3. The zero-order valence-corrected chi connectivity index (χ0v) is 13.5. The van der Waals surface area contributed by atoms with E-state index in [1.807, 2.05) is 18.2 Å². The van der Waals surface area contributed by atoms with Gasteiger partial charge in [-0.3, -0.25) is 9.36 Å². The van der Waals surface area contributed by atoms with Gasteiger partial charge >= 0.3 is 0 Å². The van der Waals surface area contributed by atoms with Gasteiger partial charge in [0.1, 0.15) is 11.0 Å². The fraction of sp³-hybridized carbons (Fsp3) is 0.286. The summed E-state index contributed by atoms with van der Waals surface area (Å²) in [6.45, 7) is 0.418. The summed E-state index contributed by atoms with van der Waals surface area (Å²) in [5.41, 5.74) is 0.758. The third kappa shape index (κ3) is 2.92. The number of hydrogen-bond acceptors (Lipinski definition) is 2. The molecule has 1 aliphatic rings. The molecule has 0 bridgehead atoms. The highest BCUT2D eigenvalue weighted by Crippen LogP contribution is 2.39. The minimum Gasteiger partial charge on any atom is -0.292 e. The highest BCUT2D eigenvalue weighted by molar-refractivity contribution is 9.10. The number of aromatic nitrogens is 2. The van der Waals surface area contributed by atoms with Gasteiger partial charge in [0, 0.05) is 21.5 Å². The van der Waals surface area contributed by atoms with Crippen LogP contribution >= 0.6 is 39.1 Å². The highest BCUT2D eigenvalue weighted by Gasteiger charge is 2.29. The molecule has 6 heteroatoms. The van der Waals surface area contributed by atoms with Gasteiger partial charge in [-0.1, -0.05) is 45.2 Å². The van der Waals surface area contributed by atoms with E-state index in [1.165, 1.54) is 6.07 Å². The van der Waals surface area contributed by atoms with E-state index in [0.29, 0.717) is 17.5 Å². The number of benzene rings is 1. The van der Waals surface area contributed by atoms with Crippen molar-refractivity contribution in [3.63, 3.8) is 0 Å². The Bertz CT molecular complexity index is 726. The van der Waals surface area contributed by atoms with Crippen molar-refractivity contribution in [2.75, 3.05) is 0 Å². The summed E-state index contributed by atoms with van der Waals surface area (Å²) in [4.78, 5) is 16.5. The highest BCUT2D eigenvalue weighted by atomic mass is 79.9. The molecule has 0 atom stereocenters. The van der Waals surface area contributed by atoms with Gasteiger partial charge in [-0.15, -0.1) is 0 Å². The van der Waals surface area contributed by atoms with Gasteiger partial charge in [0.2, 0.25) is 0 Å². The molecular weight excluding hydrogens is 363 g/mol. The van der Waals surface area contributed by atoms with E-state index in [-0.39, 0.29) is 10.7 Å². The van der Waals surface area contributed by atoms with Crippen molar-refractivity contribution < 1.29 is 0 Å². The van der Waals surface area contributed by atoms with Crippen molar-refractivity contribution in [3.8, 4) is 0 Å². The minimum absolute atomic E-state index is 0.133. The average Bonchev–Trinajstić information content (AvgIpc) is 3.19. The van der Waals surface area contributed by atoms with E-state index in [9.17, 15) is 4.79 Å². The summed E-state index contributed by atoms with van der Waals surface area (Å²) < 4.78 is 2.58. The third-order valence-corrected chi connectivity index (χ3v) is 4.33. The number of nitrogens with zero attached hydrogens (tertiary/aromatic N) is 2. The van der Waals surface area contributed by atoms with Crippen LogP contribution in [0.2, 0.25) is 10.2 Å². The zero-order valence-electron chi connectivity index (χ0n) is 10.4. The normalized spacial score (nSPS) is 14.6. The van der Waals surface area contributed by atoms with Crippen LogP contribution in [-0.4, -0.2) is 9.55 Å². The average molecular weight is 374 g/mol. The lowest BCUT2D eigenvalue weighted by Crippen LogP contribution is -2.24. The molecular formula is C14H11BrCl2N2O. The largest absolute Gasteiger partial charge is 0.292 e. The summed E-state index contributed by atoms with van der Waals surface area (Å²) in [6.07, 6.45) is 2.11. The quantitative estimate of drug-likeness (QED) is 0.754. The summed E-state index contributed by atoms with van der Waals surface area (Å²) in [5, 5.41) is 0.887. The van der Waals surface area contributed by atoms with E-state index in [2.05, 4.69) is 20.9 Å². The summed E-state index contributed by atoms with van der Waals surface area (Å²) >= 11 is 15.5. The predicted octanol–water partition coefficient (Wildman–Crippen LogP) is 4.24. The standard InChI is InChI=1S/C14H11BrCl2N2O/c15-10-4-3-9(11(16)5-10)7-19-13(20)6-12(17)18-14(19)8-1-2-8/h3-6,8H,1-2,7H2. The lowest BCUT2D eigenvalue weighted by molar-refractivity contribution is 0.669. The maximum absolute atomic E-state index is 12.2. The first-order valence-corrected chi connectivity index (χ1v) is 7.80. The Morgan fingerprint density at radius 1 is 1.30 bits per heavy atom. The monoisotopic (exact) mass is 372 g/mol. The second-order valence-electron chi connectivity index (χ2n) is 4.87. The van der Waals surface area contributed by atoms with Crippen molar-refractivity contribution in [3.05, 3.63) is 60.7 Å².